The van der Waals surface area contributed by atoms with Gasteiger partial charge in [0.1, 0.15) is 5.75 Å². The second-order valence-corrected chi connectivity index (χ2v) is 8.88. The summed E-state index contributed by atoms with van der Waals surface area (Å²) in [5.41, 5.74) is 5.29. The minimum Gasteiger partial charge on any atom is -0.496 e. The van der Waals surface area contributed by atoms with Crippen LogP contribution in [0.2, 0.25) is 0 Å². The average molecular weight is 473 g/mol. The van der Waals surface area contributed by atoms with Crippen LogP contribution in [0.3, 0.4) is 0 Å². The molecule has 1 fully saturated rings. The van der Waals surface area contributed by atoms with Crippen LogP contribution in [0.5, 0.6) is 5.75 Å². The molecule has 2 N–H and O–H groups in total. The Labute approximate surface area is 206 Å². The van der Waals surface area contributed by atoms with Crippen molar-refractivity contribution in [2.24, 2.45) is 0 Å². The van der Waals surface area contributed by atoms with Gasteiger partial charge in [0, 0.05) is 48.8 Å². The van der Waals surface area contributed by atoms with Crippen molar-refractivity contribution in [2.75, 3.05) is 55.9 Å². The molecular weight excluding hydrogens is 440 g/mol. The number of aryl methyl sites for hydroxylation is 1. The Morgan fingerprint density at radius 1 is 0.829 bits per heavy atom. The number of nitrogens with one attached hydrogen (secondary N) is 2. The molecule has 0 unspecified atom stereocenters. The van der Waals surface area contributed by atoms with E-state index in [2.05, 4.69) is 33.5 Å². The number of methoxy groups -OCH3 is 1. The van der Waals surface area contributed by atoms with Crippen LogP contribution in [0.4, 0.5) is 17.1 Å². The summed E-state index contributed by atoms with van der Waals surface area (Å²) in [6.45, 7) is 7.81. The van der Waals surface area contributed by atoms with Crippen molar-refractivity contribution in [3.63, 3.8) is 0 Å². The van der Waals surface area contributed by atoms with E-state index < -0.39 is 0 Å². The third-order valence-corrected chi connectivity index (χ3v) is 6.49. The lowest BCUT2D eigenvalue weighted by molar-refractivity contribution is 0.101. The van der Waals surface area contributed by atoms with Gasteiger partial charge in [0.05, 0.1) is 12.7 Å². The number of carbonyl (C=O) groups is 2. The van der Waals surface area contributed by atoms with E-state index >= 15 is 0 Å². The summed E-state index contributed by atoms with van der Waals surface area (Å²) in [4.78, 5) is 30.7. The second-order valence-electron chi connectivity index (χ2n) is 8.88. The molecule has 0 atom stereocenters. The Morgan fingerprint density at radius 2 is 1.51 bits per heavy atom. The van der Waals surface area contributed by atoms with Crippen molar-refractivity contribution >= 4 is 28.9 Å². The Hall–Kier alpha value is -3.84. The number of piperazine rings is 1. The van der Waals surface area contributed by atoms with Gasteiger partial charge in [-0.25, -0.2) is 0 Å². The van der Waals surface area contributed by atoms with Gasteiger partial charge in [-0.3, -0.25) is 9.59 Å². The number of amides is 2. The predicted octanol–water partition coefficient (Wildman–Crippen LogP) is 4.57. The van der Waals surface area contributed by atoms with Crippen LogP contribution in [0, 0.1) is 13.8 Å². The Morgan fingerprint density at radius 3 is 2.26 bits per heavy atom. The molecule has 182 valence electrons. The predicted molar refractivity (Wildman–Crippen MR) is 141 cm³/mol. The maximum atomic E-state index is 13.3. The van der Waals surface area contributed by atoms with Gasteiger partial charge in [0.15, 0.2) is 0 Å². The third kappa shape index (κ3) is 5.46. The number of hydrogen-bond acceptors (Lipinski definition) is 5. The van der Waals surface area contributed by atoms with Crippen LogP contribution >= 0.6 is 0 Å². The Bertz CT molecular complexity index is 1230. The lowest BCUT2D eigenvalue weighted by Crippen LogP contribution is -2.44. The first-order valence-corrected chi connectivity index (χ1v) is 11.8. The fourth-order valence-electron chi connectivity index (χ4n) is 4.31. The molecule has 0 radical (unpaired) electrons. The van der Waals surface area contributed by atoms with Crippen LogP contribution in [0.1, 0.15) is 31.8 Å². The standard InChI is InChI=1S/C28H32N4O3/c1-19-12-13-21(29-28(34)23-8-5-6-11-26(23)35-4)18-24(19)30-27(33)22-9-7-10-25(20(22)2)32-16-14-31(3)15-17-32/h5-13,18H,14-17H2,1-4H3,(H,29,34)(H,30,33). The number of hydrogen-bond donors (Lipinski definition) is 2. The number of anilines is 3. The number of para-hydroxylation sites is 1. The zero-order chi connectivity index (χ0) is 24.9. The van der Waals surface area contributed by atoms with Crippen LogP contribution in [-0.4, -0.2) is 57.1 Å². The number of nitrogens with zero attached hydrogens (tertiary/aromatic N) is 2. The average Bonchev–Trinajstić information content (AvgIpc) is 2.86. The van der Waals surface area contributed by atoms with Gasteiger partial charge in [-0.1, -0.05) is 24.3 Å². The van der Waals surface area contributed by atoms with Gasteiger partial charge >= 0.3 is 0 Å². The highest BCUT2D eigenvalue weighted by molar-refractivity contribution is 6.08. The first kappa shape index (κ1) is 24.3. The molecule has 4 rings (SSSR count). The zero-order valence-corrected chi connectivity index (χ0v) is 20.7. The molecule has 2 amide bonds. The number of ether oxygens (including phenoxy) is 1. The summed E-state index contributed by atoms with van der Waals surface area (Å²) >= 11 is 0. The Kier molecular flexibility index (Phi) is 7.36. The van der Waals surface area contributed by atoms with Crippen molar-refractivity contribution in [3.05, 3.63) is 82.9 Å². The van der Waals surface area contributed by atoms with Gasteiger partial charge in [-0.05, 0) is 68.4 Å². The third-order valence-electron chi connectivity index (χ3n) is 6.49. The number of carbonyl (C=O) groups excluding carboxylic acids is 2. The van der Waals surface area contributed by atoms with Gasteiger partial charge in [-0.2, -0.15) is 0 Å². The van der Waals surface area contributed by atoms with Crippen LogP contribution < -0.4 is 20.3 Å². The topological polar surface area (TPSA) is 73.9 Å². The molecule has 0 aliphatic carbocycles. The molecular formula is C28H32N4O3. The summed E-state index contributed by atoms with van der Waals surface area (Å²) in [6.07, 6.45) is 0. The molecule has 1 heterocycles. The van der Waals surface area contributed by atoms with E-state index in [0.717, 1.165) is 43.0 Å². The van der Waals surface area contributed by atoms with Crippen LogP contribution in [0.25, 0.3) is 0 Å². The molecule has 7 nitrogen and oxygen atoms in total. The molecule has 35 heavy (non-hydrogen) atoms. The van der Waals surface area contributed by atoms with Gasteiger partial charge in [-0.15, -0.1) is 0 Å². The molecule has 0 aromatic heterocycles. The SMILES string of the molecule is COc1ccccc1C(=O)Nc1ccc(C)c(NC(=O)c2cccc(N3CCN(C)CC3)c2C)c1. The molecule has 1 saturated heterocycles. The molecule has 0 bridgehead atoms. The molecule has 1 aliphatic rings. The van der Waals surface area contributed by atoms with Crippen LogP contribution in [-0.2, 0) is 0 Å². The number of rotatable bonds is 6. The number of likely N-dealkylation sites (N-methyl/N-ethyl adjacent to an activating group) is 1. The normalized spacial score (nSPS) is 13.9. The quantitative estimate of drug-likeness (QED) is 0.550. The summed E-state index contributed by atoms with van der Waals surface area (Å²) < 4.78 is 5.29. The molecule has 0 spiro atoms. The van der Waals surface area contributed by atoms with E-state index in [0.29, 0.717) is 28.3 Å². The summed E-state index contributed by atoms with van der Waals surface area (Å²) in [5.74, 6) is 0.0513. The van der Waals surface area contributed by atoms with E-state index in [1.165, 1.54) is 7.11 Å². The second kappa shape index (κ2) is 10.6. The van der Waals surface area contributed by atoms with Gasteiger partial charge in [0.2, 0.25) is 0 Å². The van der Waals surface area contributed by atoms with Crippen LogP contribution in [0.15, 0.2) is 60.7 Å². The van der Waals surface area contributed by atoms with E-state index in [1.54, 1.807) is 24.3 Å². The smallest absolute Gasteiger partial charge is 0.259 e. The van der Waals surface area contributed by atoms with Crippen molar-refractivity contribution in [2.45, 2.75) is 13.8 Å². The zero-order valence-electron chi connectivity index (χ0n) is 20.7. The fraction of sp³-hybridized carbons (Fsp3) is 0.286. The molecule has 0 saturated carbocycles. The highest BCUT2D eigenvalue weighted by Gasteiger charge is 2.20. The van der Waals surface area contributed by atoms with E-state index in [4.69, 9.17) is 4.74 Å². The summed E-state index contributed by atoms with van der Waals surface area (Å²) in [5, 5.41) is 5.94. The lowest BCUT2D eigenvalue weighted by Gasteiger charge is -2.35. The highest BCUT2D eigenvalue weighted by atomic mass is 16.5. The first-order chi connectivity index (χ1) is 16.9. The first-order valence-electron chi connectivity index (χ1n) is 11.8. The maximum absolute atomic E-state index is 13.3. The molecule has 3 aromatic rings. The minimum atomic E-state index is -0.278. The number of benzene rings is 3. The van der Waals surface area contributed by atoms with E-state index in [-0.39, 0.29) is 11.8 Å². The lowest BCUT2D eigenvalue weighted by atomic mass is 10.0. The highest BCUT2D eigenvalue weighted by Crippen LogP contribution is 2.27. The summed E-state index contributed by atoms with van der Waals surface area (Å²) in [6, 6.07) is 18.4. The van der Waals surface area contributed by atoms with Crippen molar-refractivity contribution in [1.82, 2.24) is 4.90 Å². The van der Waals surface area contributed by atoms with E-state index in [1.807, 2.05) is 44.2 Å². The van der Waals surface area contributed by atoms with Gasteiger partial charge in [0.25, 0.3) is 11.8 Å². The Balaban J connectivity index is 1.52. The van der Waals surface area contributed by atoms with Crippen molar-refractivity contribution in [3.8, 4) is 5.75 Å². The van der Waals surface area contributed by atoms with E-state index in [9.17, 15) is 9.59 Å². The van der Waals surface area contributed by atoms with Crippen molar-refractivity contribution < 1.29 is 14.3 Å². The van der Waals surface area contributed by atoms with Gasteiger partial charge < -0.3 is 25.2 Å². The summed E-state index contributed by atoms with van der Waals surface area (Å²) in [7, 11) is 3.66. The van der Waals surface area contributed by atoms with Crippen molar-refractivity contribution in [1.29, 1.82) is 0 Å². The minimum absolute atomic E-state index is 0.171. The molecule has 1 aliphatic heterocycles. The fourth-order valence-corrected chi connectivity index (χ4v) is 4.31. The maximum Gasteiger partial charge on any atom is 0.259 e. The molecule has 7 heteroatoms. The largest absolute Gasteiger partial charge is 0.496 e. The molecule has 3 aromatic carbocycles. The monoisotopic (exact) mass is 472 g/mol.